The maximum absolute atomic E-state index is 14.2. The molecule has 322 valence electrons. The lowest BCUT2D eigenvalue weighted by molar-refractivity contribution is -0.145. The summed E-state index contributed by atoms with van der Waals surface area (Å²) in [4.78, 5) is 37.3. The van der Waals surface area contributed by atoms with Gasteiger partial charge in [0.05, 0.1) is 35.9 Å². The van der Waals surface area contributed by atoms with Crippen LogP contribution in [0.5, 0.6) is 23.1 Å². The van der Waals surface area contributed by atoms with Crippen LogP contribution in [0.25, 0.3) is 31.8 Å². The Morgan fingerprint density at radius 2 is 1.84 bits per heavy atom. The number of likely N-dealkylation sites (N-methyl/N-ethyl adjacent to an activating group) is 1. The van der Waals surface area contributed by atoms with Gasteiger partial charge in [0.15, 0.2) is 5.82 Å². The molecule has 0 amide bonds. The van der Waals surface area contributed by atoms with Gasteiger partial charge in [0.1, 0.15) is 59.6 Å². The molecule has 0 spiro atoms. The summed E-state index contributed by atoms with van der Waals surface area (Å²) in [6.45, 7) is 7.61. The number of thiophene rings is 1. The van der Waals surface area contributed by atoms with Crippen molar-refractivity contribution in [2.45, 2.75) is 38.3 Å². The van der Waals surface area contributed by atoms with Crippen LogP contribution in [0.4, 0.5) is 4.39 Å². The summed E-state index contributed by atoms with van der Waals surface area (Å²) in [5.41, 5.74) is 3.96. The standard InChI is InChI=1S/C45H44ClFN6O8S/c1-26-33-8-10-35(40(26)46)60-32(21-53-15-13-52(2)14-16-53)23-58-31-7-9-34(59-22-30-11-12-48-42(51-30)37-24-56-17-18-57-37)28(19-31)20-36(45(54)55)61-43-39-38(33)41(62-44(39)50-25-49-43)27-3-5-29(47)6-4-27/h3-12,19,25,32,36-37H,13-18,20-24H2,1-2H3,(H,54,55)/t32?,36-,37?/m1/s1. The first-order valence-corrected chi connectivity index (χ1v) is 21.6. The Morgan fingerprint density at radius 3 is 2.63 bits per heavy atom. The maximum atomic E-state index is 14.2. The minimum Gasteiger partial charge on any atom is -0.490 e. The van der Waals surface area contributed by atoms with Crippen LogP contribution in [-0.4, -0.2) is 119 Å². The van der Waals surface area contributed by atoms with Crippen LogP contribution in [0.15, 0.2) is 73.2 Å². The lowest BCUT2D eigenvalue weighted by Gasteiger charge is -2.34. The quantitative estimate of drug-likeness (QED) is 0.166. The Balaban J connectivity index is 1.13. The van der Waals surface area contributed by atoms with Crippen molar-refractivity contribution in [2.75, 3.05) is 66.2 Å². The van der Waals surface area contributed by atoms with Crippen molar-refractivity contribution in [1.82, 2.24) is 29.7 Å². The highest BCUT2D eigenvalue weighted by Crippen LogP contribution is 2.49. The van der Waals surface area contributed by atoms with Gasteiger partial charge in [0.25, 0.3) is 0 Å². The fourth-order valence-corrected chi connectivity index (χ4v) is 9.15. The summed E-state index contributed by atoms with van der Waals surface area (Å²) in [5.74, 6) is 0.337. The van der Waals surface area contributed by atoms with E-state index in [1.807, 2.05) is 19.1 Å². The zero-order valence-corrected chi connectivity index (χ0v) is 35.7. The van der Waals surface area contributed by atoms with E-state index in [1.54, 1.807) is 42.6 Å². The molecule has 2 unspecified atom stereocenters. The van der Waals surface area contributed by atoms with Gasteiger partial charge < -0.3 is 38.4 Å². The second-order valence-corrected chi connectivity index (χ2v) is 16.8. The fraction of sp³-hybridized carbons (Fsp3) is 0.356. The van der Waals surface area contributed by atoms with Gasteiger partial charge in [-0.05, 0) is 73.1 Å². The zero-order valence-electron chi connectivity index (χ0n) is 34.1. The molecule has 2 saturated heterocycles. The van der Waals surface area contributed by atoms with Crippen molar-refractivity contribution in [3.63, 3.8) is 0 Å². The SMILES string of the molecule is Cc1c2ccc(c1Cl)OC(CN1CCN(C)CC1)COc1ccc(OCc3ccnc(C4COCCO4)n3)c(c1)C[C@H](C(=O)O)Oc1ncnc3sc(-c4ccc(F)cc4)c-2c13. The van der Waals surface area contributed by atoms with Gasteiger partial charge in [-0.25, -0.2) is 29.1 Å². The number of carboxylic acids is 1. The second kappa shape index (κ2) is 18.5. The average Bonchev–Trinajstić information content (AvgIpc) is 3.68. The molecule has 0 aliphatic carbocycles. The molecule has 3 aromatic heterocycles. The van der Waals surface area contributed by atoms with Gasteiger partial charge in [-0.3, -0.25) is 4.90 Å². The third kappa shape index (κ3) is 9.16. The number of fused-ring (bicyclic) bond motifs is 7. The Kier molecular flexibility index (Phi) is 12.5. The maximum Gasteiger partial charge on any atom is 0.345 e. The number of benzene rings is 3. The van der Waals surface area contributed by atoms with E-state index in [0.717, 1.165) is 42.2 Å². The number of ether oxygens (including phenoxy) is 6. The Morgan fingerprint density at radius 1 is 1.00 bits per heavy atom. The number of hydrogen-bond acceptors (Lipinski definition) is 14. The lowest BCUT2D eigenvalue weighted by atomic mass is 9.96. The van der Waals surface area contributed by atoms with E-state index < -0.39 is 18.2 Å². The molecular formula is C45H44ClFN6O8S. The molecule has 3 atom stereocenters. The third-order valence-corrected chi connectivity index (χ3v) is 12.8. The molecule has 6 aromatic rings. The number of carboxylic acid groups (broad SMARTS) is 1. The van der Waals surface area contributed by atoms with E-state index in [4.69, 9.17) is 40.0 Å². The van der Waals surface area contributed by atoms with Gasteiger partial charge in [0, 0.05) is 61.3 Å². The summed E-state index contributed by atoms with van der Waals surface area (Å²) in [5, 5.41) is 11.7. The molecule has 0 radical (unpaired) electrons. The van der Waals surface area contributed by atoms with E-state index in [9.17, 15) is 14.3 Å². The van der Waals surface area contributed by atoms with Crippen molar-refractivity contribution in [3.05, 3.63) is 107 Å². The van der Waals surface area contributed by atoms with Gasteiger partial charge in [0.2, 0.25) is 12.0 Å². The van der Waals surface area contributed by atoms with Crippen LogP contribution in [0.2, 0.25) is 5.02 Å². The molecule has 3 aromatic carbocycles. The number of nitrogens with zero attached hydrogens (tertiary/aromatic N) is 6. The smallest absolute Gasteiger partial charge is 0.345 e. The summed E-state index contributed by atoms with van der Waals surface area (Å²) < 4.78 is 51.6. The minimum absolute atomic E-state index is 0.0596. The van der Waals surface area contributed by atoms with E-state index in [-0.39, 0.29) is 37.4 Å². The number of aliphatic carboxylic acids is 1. The molecule has 14 nitrogen and oxygen atoms in total. The van der Waals surface area contributed by atoms with Crippen molar-refractivity contribution in [1.29, 1.82) is 0 Å². The van der Waals surface area contributed by atoms with Crippen LogP contribution in [0.1, 0.15) is 28.7 Å². The molecule has 4 aliphatic heterocycles. The first-order chi connectivity index (χ1) is 30.2. The second-order valence-electron chi connectivity index (χ2n) is 15.4. The number of rotatable bonds is 8. The Hall–Kier alpha value is -5.49. The first-order valence-electron chi connectivity index (χ1n) is 20.4. The molecule has 62 heavy (non-hydrogen) atoms. The fourth-order valence-electron chi connectivity index (χ4n) is 7.79. The Bertz CT molecular complexity index is 2570. The van der Waals surface area contributed by atoms with Gasteiger partial charge in [-0.2, -0.15) is 0 Å². The number of carbonyl (C=O) groups is 1. The highest BCUT2D eigenvalue weighted by Gasteiger charge is 2.30. The number of piperazine rings is 1. The van der Waals surface area contributed by atoms with Crippen molar-refractivity contribution in [2.24, 2.45) is 0 Å². The summed E-state index contributed by atoms with van der Waals surface area (Å²) in [7, 11) is 2.11. The first kappa shape index (κ1) is 41.8. The van der Waals surface area contributed by atoms with E-state index in [1.165, 1.54) is 29.8 Å². The monoisotopic (exact) mass is 882 g/mol. The molecular weight excluding hydrogens is 839 g/mol. The highest BCUT2D eigenvalue weighted by molar-refractivity contribution is 7.22. The summed E-state index contributed by atoms with van der Waals surface area (Å²) in [6, 6.07) is 17.0. The molecule has 7 heterocycles. The average molecular weight is 883 g/mol. The van der Waals surface area contributed by atoms with Crippen LogP contribution in [0, 0.1) is 12.7 Å². The van der Waals surface area contributed by atoms with E-state index >= 15 is 0 Å². The van der Waals surface area contributed by atoms with Crippen LogP contribution < -0.4 is 18.9 Å². The molecule has 2 fully saturated rings. The number of hydrogen-bond donors (Lipinski definition) is 1. The predicted molar refractivity (Wildman–Crippen MR) is 230 cm³/mol. The van der Waals surface area contributed by atoms with Gasteiger partial charge in [-0.1, -0.05) is 29.8 Å². The molecule has 10 rings (SSSR count). The molecule has 4 aliphatic rings. The highest BCUT2D eigenvalue weighted by atomic mass is 35.5. The predicted octanol–water partition coefficient (Wildman–Crippen LogP) is 7.05. The van der Waals surface area contributed by atoms with Crippen LogP contribution in [-0.2, 0) is 27.3 Å². The summed E-state index contributed by atoms with van der Waals surface area (Å²) in [6.07, 6.45) is 0.606. The van der Waals surface area contributed by atoms with Crippen LogP contribution in [0.3, 0.4) is 0 Å². The summed E-state index contributed by atoms with van der Waals surface area (Å²) >= 11 is 8.58. The zero-order chi connectivity index (χ0) is 42.7. The Labute approximate surface area is 366 Å². The van der Waals surface area contributed by atoms with E-state index in [0.29, 0.717) is 87.1 Å². The van der Waals surface area contributed by atoms with Gasteiger partial charge >= 0.3 is 5.97 Å². The minimum atomic E-state index is -1.43. The van der Waals surface area contributed by atoms with Crippen molar-refractivity contribution >= 4 is 39.1 Å². The molecule has 0 saturated carbocycles. The van der Waals surface area contributed by atoms with Crippen LogP contribution >= 0.6 is 22.9 Å². The molecule has 1 N–H and O–H groups in total. The molecule has 17 heteroatoms. The normalized spacial score (nSPS) is 19.9. The largest absolute Gasteiger partial charge is 0.490 e. The number of aromatic nitrogens is 4. The lowest BCUT2D eigenvalue weighted by Crippen LogP contribution is -2.49. The van der Waals surface area contributed by atoms with E-state index in [2.05, 4.69) is 36.8 Å². The topological polar surface area (TPSA) is 151 Å². The van der Waals surface area contributed by atoms with Gasteiger partial charge in [-0.15, -0.1) is 11.3 Å². The third-order valence-electron chi connectivity index (χ3n) is 11.1. The van der Waals surface area contributed by atoms with Crippen molar-refractivity contribution < 1.29 is 42.7 Å². The molecule has 4 bridgehead atoms. The van der Waals surface area contributed by atoms with Crippen molar-refractivity contribution in [3.8, 4) is 44.7 Å². The number of halogens is 2.